The second-order valence-electron chi connectivity index (χ2n) is 5.78. The number of aliphatic imine (C=N–C) groups is 1. The van der Waals surface area contributed by atoms with Crippen molar-refractivity contribution in [2.24, 2.45) is 10.7 Å². The van der Waals surface area contributed by atoms with E-state index in [4.69, 9.17) is 15.2 Å². The van der Waals surface area contributed by atoms with E-state index in [1.54, 1.807) is 12.4 Å². The van der Waals surface area contributed by atoms with Crippen molar-refractivity contribution in [3.8, 4) is 5.75 Å². The number of hydrogen-bond acceptors (Lipinski definition) is 5. The van der Waals surface area contributed by atoms with Crippen LogP contribution in [0.2, 0.25) is 0 Å². The summed E-state index contributed by atoms with van der Waals surface area (Å²) in [6.07, 6.45) is 5.99. The molecule has 24 heavy (non-hydrogen) atoms. The predicted octanol–water partition coefficient (Wildman–Crippen LogP) is 3.41. The fraction of sp³-hybridized carbons (Fsp3) is 0.333. The average Bonchev–Trinajstić information content (AvgIpc) is 2.60. The van der Waals surface area contributed by atoms with Crippen LogP contribution < -0.4 is 10.5 Å². The van der Waals surface area contributed by atoms with E-state index in [2.05, 4.69) is 32.0 Å². The largest absolute Gasteiger partial charge is 0.489 e. The van der Waals surface area contributed by atoms with Crippen molar-refractivity contribution in [2.75, 3.05) is 6.61 Å². The second-order valence-corrected chi connectivity index (χ2v) is 6.70. The molecule has 1 aliphatic rings. The maximum Gasteiger partial charge on any atom is 0.138 e. The topological polar surface area (TPSA) is 69.7 Å². The molecule has 3 rings (SSSR count). The van der Waals surface area contributed by atoms with Crippen LogP contribution in [0.15, 0.2) is 46.1 Å². The molecule has 1 unspecified atom stereocenters. The van der Waals surface area contributed by atoms with Gasteiger partial charge in [-0.05, 0) is 42.3 Å². The molecule has 0 saturated carbocycles. The van der Waals surface area contributed by atoms with Gasteiger partial charge in [0.25, 0.3) is 0 Å². The Balaban J connectivity index is 1.53. The van der Waals surface area contributed by atoms with E-state index in [0.717, 1.165) is 22.1 Å². The lowest BCUT2D eigenvalue weighted by molar-refractivity contribution is 0.00890. The number of ether oxygens (including phenoxy) is 2. The molecule has 2 atom stereocenters. The Hall–Kier alpha value is -1.76. The highest BCUT2D eigenvalue weighted by atomic mass is 79.9. The number of fused-ring (bicyclic) bond motifs is 1. The van der Waals surface area contributed by atoms with E-state index >= 15 is 0 Å². The highest BCUT2D eigenvalue weighted by molar-refractivity contribution is 9.10. The standard InChI is InChI=1S/C18H20BrN3O2/c1-12(11-23-16-4-13(7-20)8-21-9-16)24-17-6-14-5-15(19)2-3-18(14)22-10-17/h2-5,8-10,12,17H,6-7,11,20H2,1H3/t12-,17?/m0/s1. The molecule has 126 valence electrons. The maximum absolute atomic E-state index is 6.03. The Morgan fingerprint density at radius 3 is 3.04 bits per heavy atom. The Morgan fingerprint density at radius 1 is 1.33 bits per heavy atom. The number of nitrogens with zero attached hydrogens (tertiary/aromatic N) is 2. The minimum absolute atomic E-state index is 0.0427. The van der Waals surface area contributed by atoms with Crippen LogP contribution in [0.25, 0.3) is 0 Å². The van der Waals surface area contributed by atoms with Gasteiger partial charge in [-0.1, -0.05) is 15.9 Å². The maximum atomic E-state index is 6.03. The summed E-state index contributed by atoms with van der Waals surface area (Å²) in [5.74, 6) is 0.708. The summed E-state index contributed by atoms with van der Waals surface area (Å²) in [6, 6.07) is 8.00. The number of pyridine rings is 1. The molecular formula is C18H20BrN3O2. The minimum atomic E-state index is -0.0586. The smallest absolute Gasteiger partial charge is 0.138 e. The quantitative estimate of drug-likeness (QED) is 0.821. The van der Waals surface area contributed by atoms with Crippen LogP contribution in [0.4, 0.5) is 5.69 Å². The number of rotatable bonds is 6. The average molecular weight is 390 g/mol. The van der Waals surface area contributed by atoms with Gasteiger partial charge in [0.15, 0.2) is 0 Å². The van der Waals surface area contributed by atoms with Gasteiger partial charge in [-0.25, -0.2) is 0 Å². The highest BCUT2D eigenvalue weighted by Gasteiger charge is 2.18. The summed E-state index contributed by atoms with van der Waals surface area (Å²) in [4.78, 5) is 8.58. The van der Waals surface area contributed by atoms with Crippen LogP contribution in [0.3, 0.4) is 0 Å². The number of hydrogen-bond donors (Lipinski definition) is 1. The first-order chi connectivity index (χ1) is 11.6. The molecule has 0 aliphatic carbocycles. The van der Waals surface area contributed by atoms with E-state index in [9.17, 15) is 0 Å². The minimum Gasteiger partial charge on any atom is -0.489 e. The van der Waals surface area contributed by atoms with Gasteiger partial charge in [0.05, 0.1) is 24.1 Å². The van der Waals surface area contributed by atoms with Crippen LogP contribution in [-0.4, -0.2) is 30.0 Å². The SMILES string of the molecule is C[C@@H](COc1cncc(CN)c1)OC1C=Nc2ccc(Br)cc2C1. The molecule has 1 aliphatic heterocycles. The molecule has 0 spiro atoms. The van der Waals surface area contributed by atoms with Gasteiger partial charge in [-0.3, -0.25) is 9.98 Å². The molecule has 0 fully saturated rings. The number of benzene rings is 1. The van der Waals surface area contributed by atoms with E-state index in [1.165, 1.54) is 5.56 Å². The fourth-order valence-electron chi connectivity index (χ4n) is 2.57. The third-order valence-electron chi connectivity index (χ3n) is 3.74. The van der Waals surface area contributed by atoms with Crippen LogP contribution in [0, 0.1) is 0 Å². The number of aromatic nitrogens is 1. The molecular weight excluding hydrogens is 370 g/mol. The third-order valence-corrected chi connectivity index (χ3v) is 4.23. The van der Waals surface area contributed by atoms with Crippen LogP contribution in [0.1, 0.15) is 18.1 Å². The van der Waals surface area contributed by atoms with Crippen molar-refractivity contribution >= 4 is 27.8 Å². The first kappa shape index (κ1) is 17.1. The van der Waals surface area contributed by atoms with Gasteiger partial charge < -0.3 is 15.2 Å². The number of nitrogens with two attached hydrogens (primary N) is 1. The van der Waals surface area contributed by atoms with Gasteiger partial charge in [0.2, 0.25) is 0 Å². The van der Waals surface area contributed by atoms with Crippen LogP contribution >= 0.6 is 15.9 Å². The summed E-state index contributed by atoms with van der Waals surface area (Å²) in [5, 5.41) is 0. The summed E-state index contributed by atoms with van der Waals surface area (Å²) in [5.41, 5.74) is 8.75. The van der Waals surface area contributed by atoms with Crippen molar-refractivity contribution in [1.82, 2.24) is 4.98 Å². The molecule has 0 saturated heterocycles. The van der Waals surface area contributed by atoms with Crippen molar-refractivity contribution in [2.45, 2.75) is 32.1 Å². The van der Waals surface area contributed by atoms with Crippen molar-refractivity contribution in [3.05, 3.63) is 52.3 Å². The Labute approximate surface area is 150 Å². The summed E-state index contributed by atoms with van der Waals surface area (Å²) >= 11 is 3.50. The Bertz CT molecular complexity index is 736. The Kier molecular flexibility index (Phi) is 5.60. The first-order valence-corrected chi connectivity index (χ1v) is 8.68. The van der Waals surface area contributed by atoms with Gasteiger partial charge in [0.1, 0.15) is 12.4 Å². The fourth-order valence-corrected chi connectivity index (χ4v) is 2.97. The zero-order valence-electron chi connectivity index (χ0n) is 13.5. The zero-order chi connectivity index (χ0) is 16.9. The zero-order valence-corrected chi connectivity index (χ0v) is 15.1. The molecule has 0 radical (unpaired) electrons. The summed E-state index contributed by atoms with van der Waals surface area (Å²) < 4.78 is 12.8. The molecule has 5 nitrogen and oxygen atoms in total. The van der Waals surface area contributed by atoms with E-state index in [-0.39, 0.29) is 12.2 Å². The first-order valence-electron chi connectivity index (χ1n) is 7.89. The summed E-state index contributed by atoms with van der Waals surface area (Å²) in [6.45, 7) is 2.89. The van der Waals surface area contributed by atoms with Crippen molar-refractivity contribution in [1.29, 1.82) is 0 Å². The normalized spacial score (nSPS) is 17.4. The van der Waals surface area contributed by atoms with Gasteiger partial charge in [0, 0.05) is 29.8 Å². The molecule has 6 heteroatoms. The summed E-state index contributed by atoms with van der Waals surface area (Å²) in [7, 11) is 0. The Morgan fingerprint density at radius 2 is 2.21 bits per heavy atom. The molecule has 2 heterocycles. The van der Waals surface area contributed by atoms with Gasteiger partial charge in [-0.2, -0.15) is 0 Å². The second kappa shape index (κ2) is 7.88. The monoisotopic (exact) mass is 389 g/mol. The van der Waals surface area contributed by atoms with E-state index < -0.39 is 0 Å². The molecule has 0 amide bonds. The lowest BCUT2D eigenvalue weighted by Crippen LogP contribution is -2.29. The molecule has 1 aromatic heterocycles. The van der Waals surface area contributed by atoms with Gasteiger partial charge in [-0.15, -0.1) is 0 Å². The third kappa shape index (κ3) is 4.41. The highest BCUT2D eigenvalue weighted by Crippen LogP contribution is 2.28. The van der Waals surface area contributed by atoms with Crippen molar-refractivity contribution < 1.29 is 9.47 Å². The van der Waals surface area contributed by atoms with E-state index in [1.807, 2.05) is 31.3 Å². The van der Waals surface area contributed by atoms with Crippen LogP contribution in [-0.2, 0) is 17.7 Å². The molecule has 2 N–H and O–H groups in total. The molecule has 2 aromatic rings. The molecule has 0 bridgehead atoms. The van der Waals surface area contributed by atoms with Gasteiger partial charge >= 0.3 is 0 Å². The lowest BCUT2D eigenvalue weighted by Gasteiger charge is -2.23. The predicted molar refractivity (Wildman–Crippen MR) is 98.0 cm³/mol. The lowest BCUT2D eigenvalue weighted by atomic mass is 10.0. The van der Waals surface area contributed by atoms with Crippen LogP contribution in [0.5, 0.6) is 5.75 Å². The van der Waals surface area contributed by atoms with Crippen molar-refractivity contribution in [3.63, 3.8) is 0 Å². The number of halogens is 1. The van der Waals surface area contributed by atoms with E-state index in [0.29, 0.717) is 18.9 Å². The molecule has 1 aromatic carbocycles.